The van der Waals surface area contributed by atoms with Crippen molar-refractivity contribution in [3.63, 3.8) is 0 Å². The van der Waals surface area contributed by atoms with Crippen molar-refractivity contribution in [2.45, 2.75) is 426 Å². The molecule has 0 amide bonds. The zero-order valence-corrected chi connectivity index (χ0v) is 65.2. The number of rotatable bonds is 77. The molecule has 0 spiro atoms. The fourth-order valence-electron chi connectivity index (χ4n) is 12.0. The zero-order chi connectivity index (χ0) is 71.4. The van der Waals surface area contributed by atoms with Gasteiger partial charge in [-0.25, -0.2) is 9.13 Å². The number of hydrogen-bond donors (Lipinski definition) is 3. The van der Waals surface area contributed by atoms with E-state index in [9.17, 15) is 43.2 Å². The lowest BCUT2D eigenvalue weighted by molar-refractivity contribution is -0.161. The highest BCUT2D eigenvalue weighted by Crippen LogP contribution is 2.45. The molecule has 0 bridgehead atoms. The smallest absolute Gasteiger partial charge is 0.462 e. The van der Waals surface area contributed by atoms with Crippen LogP contribution in [0.4, 0.5) is 0 Å². The molecule has 0 fully saturated rings. The summed E-state index contributed by atoms with van der Waals surface area (Å²) < 4.78 is 68.6. The van der Waals surface area contributed by atoms with E-state index in [1.807, 2.05) is 0 Å². The lowest BCUT2D eigenvalue weighted by Gasteiger charge is -2.21. The minimum absolute atomic E-state index is 0.105. The normalized spacial score (nSPS) is 14.2. The monoisotopic (exact) mass is 1420 g/mol. The first kappa shape index (κ1) is 95.1. The van der Waals surface area contributed by atoms with Crippen LogP contribution in [0.15, 0.2) is 0 Å². The van der Waals surface area contributed by atoms with Crippen LogP contribution in [0.25, 0.3) is 0 Å². The standard InChI is InChI=1S/C78H152O17P2/c1-7-10-12-14-16-18-20-22-24-25-26-28-30-32-36-44-50-56-62-77(82)94-73(66-88-75(80)60-54-48-42-35-31-29-27-23-21-19-17-15-13-11-8-2)68-92-96(84,85)90-64-72(79)65-91-97(86,87)93-69-74(95-78(83)63-57-51-45-37-33-34-40-46-52-58-70(4)5)67-89-76(81)61-55-49-43-39-38-41-47-53-59-71(6)9-3/h70-74,79H,7-69H2,1-6H3,(H,84,85)(H,86,87)/t71?,72-,73-,74-/m1/s1. The van der Waals surface area contributed by atoms with Crippen LogP contribution in [-0.2, 0) is 65.4 Å². The van der Waals surface area contributed by atoms with Gasteiger partial charge in [0.1, 0.15) is 19.3 Å². The Bertz CT molecular complexity index is 1870. The molecule has 19 heteroatoms. The minimum Gasteiger partial charge on any atom is -0.462 e. The predicted octanol–water partition coefficient (Wildman–Crippen LogP) is 23.1. The molecule has 0 aromatic rings. The maximum atomic E-state index is 13.1. The highest BCUT2D eigenvalue weighted by atomic mass is 31.2. The third kappa shape index (κ3) is 70.9. The Morgan fingerprint density at radius 3 is 0.784 bits per heavy atom. The van der Waals surface area contributed by atoms with Gasteiger partial charge < -0.3 is 33.8 Å². The Hall–Kier alpha value is -1.94. The molecule has 3 N–H and O–H groups in total. The van der Waals surface area contributed by atoms with E-state index in [1.165, 1.54) is 225 Å². The summed E-state index contributed by atoms with van der Waals surface area (Å²) in [6, 6.07) is 0. The lowest BCUT2D eigenvalue weighted by atomic mass is 9.99. The highest BCUT2D eigenvalue weighted by molar-refractivity contribution is 7.47. The van der Waals surface area contributed by atoms with Gasteiger partial charge in [-0.3, -0.25) is 37.3 Å². The second-order valence-corrected chi connectivity index (χ2v) is 31.7. The number of hydrogen-bond acceptors (Lipinski definition) is 15. The molecule has 0 radical (unpaired) electrons. The molecule has 0 aromatic heterocycles. The van der Waals surface area contributed by atoms with Crippen molar-refractivity contribution in [2.24, 2.45) is 11.8 Å². The van der Waals surface area contributed by atoms with Gasteiger partial charge in [-0.15, -0.1) is 0 Å². The minimum atomic E-state index is -4.96. The molecule has 0 aliphatic carbocycles. The summed E-state index contributed by atoms with van der Waals surface area (Å²) in [7, 11) is -9.92. The number of ether oxygens (including phenoxy) is 4. The molecular formula is C78H152O17P2. The van der Waals surface area contributed by atoms with E-state index in [2.05, 4.69) is 41.5 Å². The molecule has 0 heterocycles. The maximum Gasteiger partial charge on any atom is 0.472 e. The van der Waals surface area contributed by atoms with Gasteiger partial charge in [0, 0.05) is 25.7 Å². The van der Waals surface area contributed by atoms with Crippen LogP contribution in [0.5, 0.6) is 0 Å². The van der Waals surface area contributed by atoms with E-state index in [0.717, 1.165) is 102 Å². The van der Waals surface area contributed by atoms with Crippen molar-refractivity contribution in [3.05, 3.63) is 0 Å². The Kier molecular flexibility index (Phi) is 68.4. The van der Waals surface area contributed by atoms with Gasteiger partial charge >= 0.3 is 39.5 Å². The van der Waals surface area contributed by atoms with Crippen molar-refractivity contribution in [3.8, 4) is 0 Å². The van der Waals surface area contributed by atoms with Gasteiger partial charge in [0.25, 0.3) is 0 Å². The zero-order valence-electron chi connectivity index (χ0n) is 63.4. The summed E-state index contributed by atoms with van der Waals surface area (Å²) in [5.41, 5.74) is 0. The quantitative estimate of drug-likeness (QED) is 0.0222. The van der Waals surface area contributed by atoms with E-state index in [4.69, 9.17) is 37.0 Å². The average molecular weight is 1420 g/mol. The van der Waals surface area contributed by atoms with E-state index < -0.39 is 97.5 Å². The van der Waals surface area contributed by atoms with Crippen molar-refractivity contribution in [1.82, 2.24) is 0 Å². The fourth-order valence-corrected chi connectivity index (χ4v) is 13.6. The van der Waals surface area contributed by atoms with E-state index in [-0.39, 0.29) is 25.7 Å². The van der Waals surface area contributed by atoms with Gasteiger partial charge in [0.15, 0.2) is 12.2 Å². The Morgan fingerprint density at radius 2 is 0.526 bits per heavy atom. The average Bonchev–Trinajstić information content (AvgIpc) is 1.64. The summed E-state index contributed by atoms with van der Waals surface area (Å²) in [6.07, 6.45) is 58.2. The number of phosphoric acid groups is 2. The molecule has 576 valence electrons. The summed E-state index contributed by atoms with van der Waals surface area (Å²) in [6.45, 7) is 9.60. The van der Waals surface area contributed by atoms with Crippen molar-refractivity contribution in [1.29, 1.82) is 0 Å². The third-order valence-electron chi connectivity index (χ3n) is 18.6. The fraction of sp³-hybridized carbons (Fsp3) is 0.949. The van der Waals surface area contributed by atoms with Gasteiger partial charge in [0.05, 0.1) is 26.4 Å². The summed E-state index contributed by atoms with van der Waals surface area (Å²) in [5, 5.41) is 10.6. The largest absolute Gasteiger partial charge is 0.472 e. The number of unbranched alkanes of at least 4 members (excludes halogenated alkanes) is 46. The molecule has 0 saturated heterocycles. The Balaban J connectivity index is 5.25. The van der Waals surface area contributed by atoms with Gasteiger partial charge in [0.2, 0.25) is 0 Å². The summed E-state index contributed by atoms with van der Waals surface area (Å²) >= 11 is 0. The van der Waals surface area contributed by atoms with Crippen LogP contribution >= 0.6 is 15.6 Å². The molecule has 0 aliphatic heterocycles. The highest BCUT2D eigenvalue weighted by Gasteiger charge is 2.30. The van der Waals surface area contributed by atoms with Gasteiger partial charge in [-0.1, -0.05) is 356 Å². The Morgan fingerprint density at radius 1 is 0.299 bits per heavy atom. The number of carbonyl (C=O) groups excluding carboxylic acids is 4. The second kappa shape index (κ2) is 69.8. The molecule has 0 rings (SSSR count). The molecule has 97 heavy (non-hydrogen) atoms. The number of aliphatic hydroxyl groups is 1. The lowest BCUT2D eigenvalue weighted by Crippen LogP contribution is -2.30. The summed E-state index contributed by atoms with van der Waals surface area (Å²) in [4.78, 5) is 72.9. The van der Waals surface area contributed by atoms with Crippen LogP contribution in [0, 0.1) is 11.8 Å². The topological polar surface area (TPSA) is 237 Å². The van der Waals surface area contributed by atoms with Crippen LogP contribution in [-0.4, -0.2) is 96.7 Å². The SMILES string of the molecule is CCCCCCCCCCCCCCCCCCCCC(=O)O[C@H](COC(=O)CCCCCCCCCCCCCCCCC)COP(=O)(O)OC[C@@H](O)COP(=O)(O)OC[C@@H](COC(=O)CCCCCCCCCCC(C)CC)OC(=O)CCCCCCCCCCCC(C)C. The molecular weight excluding hydrogens is 1270 g/mol. The molecule has 0 aromatic carbocycles. The van der Waals surface area contributed by atoms with E-state index >= 15 is 0 Å². The molecule has 0 aliphatic rings. The van der Waals surface area contributed by atoms with E-state index in [0.29, 0.717) is 25.7 Å². The first-order valence-electron chi connectivity index (χ1n) is 40.5. The number of esters is 4. The molecule has 0 saturated carbocycles. The van der Waals surface area contributed by atoms with Crippen LogP contribution in [0.1, 0.15) is 408 Å². The molecule has 3 unspecified atom stereocenters. The maximum absolute atomic E-state index is 13.1. The van der Waals surface area contributed by atoms with Gasteiger partial charge in [-0.05, 0) is 37.5 Å². The summed E-state index contributed by atoms with van der Waals surface area (Å²) in [5.74, 6) is -0.599. The predicted molar refractivity (Wildman–Crippen MR) is 395 cm³/mol. The van der Waals surface area contributed by atoms with Crippen LogP contribution in [0.2, 0.25) is 0 Å². The number of aliphatic hydroxyl groups excluding tert-OH is 1. The van der Waals surface area contributed by atoms with Crippen LogP contribution < -0.4 is 0 Å². The van der Waals surface area contributed by atoms with E-state index in [1.54, 1.807) is 0 Å². The molecule has 6 atom stereocenters. The van der Waals surface area contributed by atoms with Crippen LogP contribution in [0.3, 0.4) is 0 Å². The Labute approximate surface area is 594 Å². The molecule has 17 nitrogen and oxygen atoms in total. The van der Waals surface area contributed by atoms with Crippen molar-refractivity contribution >= 4 is 39.5 Å². The third-order valence-corrected chi connectivity index (χ3v) is 20.5. The number of phosphoric ester groups is 2. The first-order chi connectivity index (χ1) is 46.9. The van der Waals surface area contributed by atoms with Gasteiger partial charge in [-0.2, -0.15) is 0 Å². The van der Waals surface area contributed by atoms with Crippen molar-refractivity contribution in [2.75, 3.05) is 39.6 Å². The second-order valence-electron chi connectivity index (χ2n) is 28.8. The number of carbonyl (C=O) groups is 4. The first-order valence-corrected chi connectivity index (χ1v) is 43.5. The van der Waals surface area contributed by atoms with Crippen molar-refractivity contribution < 1.29 is 80.2 Å².